The third kappa shape index (κ3) is 6.87. The topological polar surface area (TPSA) is 180 Å². The van der Waals surface area contributed by atoms with E-state index in [1.54, 1.807) is 0 Å². The highest BCUT2D eigenvalue weighted by atomic mass is 16.2. The van der Waals surface area contributed by atoms with Gasteiger partial charge in [0.2, 0.25) is 17.7 Å². The number of para-hydroxylation sites is 1. The standard InChI is InChI=1S/C28H33N7O5/c1-2-3-11-21-32-25-17-9-6-7-10-18(17)31-27(26(25)33-21)34-28(40)19(16-20(29)36)30-22(37)12-5-4-8-15-35-23(38)13-14-24(35)39/h6-7,9-10,13-14,19H,2-5,8,11-12,15-16H2,1H3,(H2,29,36)(H,30,37)(H,32,33)(H,31,34,40)/t19-/m0/s1. The van der Waals surface area contributed by atoms with Crippen molar-refractivity contribution in [3.63, 3.8) is 0 Å². The lowest BCUT2D eigenvalue weighted by Crippen LogP contribution is -2.46. The van der Waals surface area contributed by atoms with E-state index >= 15 is 0 Å². The predicted octanol–water partition coefficient (Wildman–Crippen LogP) is 2.24. The molecule has 0 bridgehead atoms. The Hall–Kier alpha value is -4.61. The molecule has 1 atom stereocenters. The van der Waals surface area contributed by atoms with E-state index in [1.807, 2.05) is 24.3 Å². The largest absolute Gasteiger partial charge is 0.370 e. The Bertz CT molecular complexity index is 1460. The first-order valence-corrected chi connectivity index (χ1v) is 13.5. The molecule has 0 fully saturated rings. The summed E-state index contributed by atoms with van der Waals surface area (Å²) in [5.74, 6) is -1.44. The number of carbonyl (C=O) groups excluding carboxylic acids is 5. The second kappa shape index (κ2) is 13.0. The lowest BCUT2D eigenvalue weighted by atomic mass is 10.1. The Labute approximate surface area is 230 Å². The van der Waals surface area contributed by atoms with Crippen molar-refractivity contribution < 1.29 is 24.0 Å². The number of nitrogens with one attached hydrogen (secondary N) is 3. The Kier molecular flexibility index (Phi) is 9.20. The summed E-state index contributed by atoms with van der Waals surface area (Å²) in [4.78, 5) is 74.5. The van der Waals surface area contributed by atoms with Crippen LogP contribution in [-0.4, -0.2) is 62.0 Å². The van der Waals surface area contributed by atoms with E-state index in [2.05, 4.69) is 27.5 Å². The zero-order chi connectivity index (χ0) is 28.6. The number of benzene rings is 1. The number of carbonyl (C=O) groups is 5. The number of hydrogen-bond donors (Lipinski definition) is 4. The Morgan fingerprint density at radius 1 is 1.02 bits per heavy atom. The smallest absolute Gasteiger partial charge is 0.253 e. The number of hydrogen-bond acceptors (Lipinski definition) is 7. The first-order chi connectivity index (χ1) is 19.3. The number of anilines is 1. The van der Waals surface area contributed by atoms with Crippen LogP contribution in [0, 0.1) is 0 Å². The van der Waals surface area contributed by atoms with Crippen LogP contribution in [-0.2, 0) is 30.4 Å². The highest BCUT2D eigenvalue weighted by molar-refractivity contribution is 6.13. The number of fused-ring (bicyclic) bond motifs is 3. The Morgan fingerprint density at radius 2 is 1.77 bits per heavy atom. The van der Waals surface area contributed by atoms with Crippen molar-refractivity contribution >= 4 is 57.3 Å². The van der Waals surface area contributed by atoms with Gasteiger partial charge >= 0.3 is 0 Å². The van der Waals surface area contributed by atoms with Gasteiger partial charge in [-0.3, -0.25) is 28.9 Å². The molecule has 3 heterocycles. The monoisotopic (exact) mass is 547 g/mol. The molecule has 0 unspecified atom stereocenters. The number of rotatable bonds is 14. The first-order valence-electron chi connectivity index (χ1n) is 13.5. The van der Waals surface area contributed by atoms with E-state index in [1.165, 1.54) is 12.2 Å². The number of pyridine rings is 1. The molecule has 0 radical (unpaired) electrons. The van der Waals surface area contributed by atoms with Crippen molar-refractivity contribution in [3.8, 4) is 0 Å². The van der Waals surface area contributed by atoms with E-state index in [0.29, 0.717) is 35.8 Å². The molecule has 0 spiro atoms. The van der Waals surface area contributed by atoms with Crippen molar-refractivity contribution in [1.29, 1.82) is 0 Å². The number of nitrogens with two attached hydrogens (primary N) is 1. The van der Waals surface area contributed by atoms with Crippen molar-refractivity contribution in [1.82, 2.24) is 25.2 Å². The summed E-state index contributed by atoms with van der Waals surface area (Å²) in [6.07, 6.45) is 6.49. The molecule has 12 heteroatoms. The van der Waals surface area contributed by atoms with Gasteiger partial charge in [-0.15, -0.1) is 0 Å². The van der Waals surface area contributed by atoms with Gasteiger partial charge in [0.25, 0.3) is 11.8 Å². The van der Waals surface area contributed by atoms with Crippen molar-refractivity contribution in [2.75, 3.05) is 11.9 Å². The number of unbranched alkanes of at least 4 members (excludes halogenated alkanes) is 3. The zero-order valence-corrected chi connectivity index (χ0v) is 22.4. The van der Waals surface area contributed by atoms with Crippen LogP contribution in [0.4, 0.5) is 5.82 Å². The summed E-state index contributed by atoms with van der Waals surface area (Å²) in [5, 5.41) is 6.19. The number of primary amides is 1. The molecule has 5 amide bonds. The molecule has 1 aliphatic rings. The van der Waals surface area contributed by atoms with Crippen molar-refractivity contribution in [2.24, 2.45) is 5.73 Å². The second-order valence-corrected chi connectivity index (χ2v) is 9.74. The summed E-state index contributed by atoms with van der Waals surface area (Å²) < 4.78 is 0. The van der Waals surface area contributed by atoms with Gasteiger partial charge in [0, 0.05) is 36.9 Å². The quantitative estimate of drug-likeness (QED) is 0.176. The fourth-order valence-electron chi connectivity index (χ4n) is 4.55. The first kappa shape index (κ1) is 28.4. The molecule has 0 aliphatic carbocycles. The molecule has 0 saturated carbocycles. The van der Waals surface area contributed by atoms with Crippen LogP contribution in [0.15, 0.2) is 36.4 Å². The highest BCUT2D eigenvalue weighted by Gasteiger charge is 2.25. The lowest BCUT2D eigenvalue weighted by Gasteiger charge is -2.17. The molecule has 40 heavy (non-hydrogen) atoms. The maximum Gasteiger partial charge on any atom is 0.253 e. The highest BCUT2D eigenvalue weighted by Crippen LogP contribution is 2.28. The van der Waals surface area contributed by atoms with Gasteiger partial charge in [-0.05, 0) is 25.3 Å². The average Bonchev–Trinajstić information content (AvgIpc) is 3.50. The number of aromatic amines is 1. The molecule has 2 aromatic heterocycles. The zero-order valence-electron chi connectivity index (χ0n) is 22.4. The number of imidazole rings is 1. The molecule has 12 nitrogen and oxygen atoms in total. The molecule has 4 rings (SSSR count). The van der Waals surface area contributed by atoms with E-state index < -0.39 is 23.8 Å². The predicted molar refractivity (Wildman–Crippen MR) is 149 cm³/mol. The normalized spacial score (nSPS) is 13.8. The summed E-state index contributed by atoms with van der Waals surface area (Å²) in [7, 11) is 0. The summed E-state index contributed by atoms with van der Waals surface area (Å²) in [5.41, 5.74) is 7.25. The maximum absolute atomic E-state index is 13.2. The molecule has 1 aliphatic heterocycles. The maximum atomic E-state index is 13.2. The van der Waals surface area contributed by atoms with Gasteiger partial charge < -0.3 is 21.4 Å². The van der Waals surface area contributed by atoms with Crippen LogP contribution in [0.3, 0.4) is 0 Å². The third-order valence-corrected chi connectivity index (χ3v) is 6.63. The minimum atomic E-state index is -1.19. The fourth-order valence-corrected chi connectivity index (χ4v) is 4.55. The van der Waals surface area contributed by atoms with Gasteiger partial charge in [0.1, 0.15) is 22.9 Å². The Morgan fingerprint density at radius 3 is 2.50 bits per heavy atom. The number of aromatic nitrogens is 3. The van der Waals surface area contributed by atoms with Gasteiger partial charge in [-0.2, -0.15) is 0 Å². The van der Waals surface area contributed by atoms with E-state index in [-0.39, 0.29) is 37.0 Å². The van der Waals surface area contributed by atoms with Crippen molar-refractivity contribution in [3.05, 3.63) is 42.2 Å². The second-order valence-electron chi connectivity index (χ2n) is 9.74. The van der Waals surface area contributed by atoms with Crippen molar-refractivity contribution in [2.45, 2.75) is 64.3 Å². The number of aryl methyl sites for hydroxylation is 1. The molecule has 3 aromatic rings. The van der Waals surface area contributed by atoms with Crippen LogP contribution in [0.5, 0.6) is 0 Å². The summed E-state index contributed by atoms with van der Waals surface area (Å²) >= 11 is 0. The third-order valence-electron chi connectivity index (χ3n) is 6.63. The van der Waals surface area contributed by atoms with Gasteiger partial charge in [-0.1, -0.05) is 38.0 Å². The van der Waals surface area contributed by atoms with Crippen LogP contribution < -0.4 is 16.4 Å². The summed E-state index contributed by atoms with van der Waals surface area (Å²) in [6.45, 7) is 2.37. The lowest BCUT2D eigenvalue weighted by molar-refractivity contribution is -0.137. The van der Waals surface area contributed by atoms with Crippen LogP contribution in [0.2, 0.25) is 0 Å². The van der Waals surface area contributed by atoms with Crippen LogP contribution in [0.1, 0.15) is 57.7 Å². The number of amides is 5. The fraction of sp³-hybridized carbons (Fsp3) is 0.393. The molecule has 1 aromatic carbocycles. The molecular weight excluding hydrogens is 514 g/mol. The van der Waals surface area contributed by atoms with Gasteiger partial charge in [-0.25, -0.2) is 9.97 Å². The summed E-state index contributed by atoms with van der Waals surface area (Å²) in [6, 6.07) is 6.27. The van der Waals surface area contributed by atoms with Crippen LogP contribution in [0.25, 0.3) is 21.9 Å². The number of nitrogens with zero attached hydrogens (tertiary/aromatic N) is 3. The molecule has 5 N–H and O–H groups in total. The van der Waals surface area contributed by atoms with E-state index in [0.717, 1.165) is 35.4 Å². The van der Waals surface area contributed by atoms with E-state index in [4.69, 9.17) is 10.7 Å². The number of imide groups is 1. The Balaban J connectivity index is 1.40. The molecule has 210 valence electrons. The van der Waals surface area contributed by atoms with Gasteiger partial charge in [0.05, 0.1) is 11.9 Å². The minimum Gasteiger partial charge on any atom is -0.370 e. The molecule has 0 saturated heterocycles. The SMILES string of the molecule is CCCCc1nc2c([nH]1)c(NC(=O)[C@H](CC(N)=O)NC(=O)CCCCCN1C(=O)C=CC1=O)nc1ccccc12. The van der Waals surface area contributed by atoms with Crippen LogP contribution >= 0.6 is 0 Å². The van der Waals surface area contributed by atoms with E-state index in [9.17, 15) is 24.0 Å². The number of H-pyrrole nitrogens is 1. The average molecular weight is 548 g/mol. The molecular formula is C28H33N7O5. The van der Waals surface area contributed by atoms with Gasteiger partial charge in [0.15, 0.2) is 5.82 Å². The minimum absolute atomic E-state index is 0.0997.